The van der Waals surface area contributed by atoms with Gasteiger partial charge >= 0.3 is 0 Å². The minimum atomic E-state index is -0.529. The SMILES string of the molecule is O=C1[C@@H]2[C@@H](C(=O)N1c1cccc3c(=O)[nH][nH]c(=O)c13)[C@H]1C=C[C@@H]2C1. The number of aromatic nitrogens is 2. The summed E-state index contributed by atoms with van der Waals surface area (Å²) in [6, 6.07) is 4.63. The van der Waals surface area contributed by atoms with Gasteiger partial charge in [-0.15, -0.1) is 0 Å². The molecule has 2 aromatic rings. The van der Waals surface area contributed by atoms with E-state index in [1.807, 2.05) is 12.2 Å². The van der Waals surface area contributed by atoms with Gasteiger partial charge < -0.3 is 0 Å². The number of rotatable bonds is 1. The van der Waals surface area contributed by atoms with Crippen molar-refractivity contribution in [3.05, 3.63) is 51.1 Å². The van der Waals surface area contributed by atoms with Crippen molar-refractivity contribution >= 4 is 28.3 Å². The van der Waals surface area contributed by atoms with E-state index in [1.54, 1.807) is 12.1 Å². The molecule has 7 heteroatoms. The van der Waals surface area contributed by atoms with Crippen molar-refractivity contribution in [2.24, 2.45) is 23.7 Å². The summed E-state index contributed by atoms with van der Waals surface area (Å²) in [4.78, 5) is 51.1. The van der Waals surface area contributed by atoms with E-state index in [9.17, 15) is 19.2 Å². The van der Waals surface area contributed by atoms with Crippen LogP contribution >= 0.6 is 0 Å². The molecule has 1 saturated heterocycles. The summed E-state index contributed by atoms with van der Waals surface area (Å²) in [5.74, 6) is -1.04. The molecule has 7 nitrogen and oxygen atoms in total. The highest BCUT2D eigenvalue weighted by Crippen LogP contribution is 2.53. The number of fused-ring (bicyclic) bond motifs is 6. The second kappa shape index (κ2) is 4.31. The van der Waals surface area contributed by atoms with Crippen molar-refractivity contribution in [2.45, 2.75) is 6.42 Å². The smallest absolute Gasteiger partial charge is 0.272 e. The summed E-state index contributed by atoms with van der Waals surface area (Å²) in [6.07, 6.45) is 4.87. The van der Waals surface area contributed by atoms with E-state index in [0.717, 1.165) is 11.3 Å². The Morgan fingerprint density at radius 3 is 2.17 bits per heavy atom. The number of imide groups is 1. The molecule has 2 aliphatic carbocycles. The average molecular weight is 323 g/mol. The molecule has 2 heterocycles. The quantitative estimate of drug-likeness (QED) is 0.590. The van der Waals surface area contributed by atoms with Gasteiger partial charge in [0.15, 0.2) is 0 Å². The number of carbonyl (C=O) groups excluding carboxylic acids is 2. The number of hydrogen-bond acceptors (Lipinski definition) is 4. The first-order valence-corrected chi connectivity index (χ1v) is 7.88. The van der Waals surface area contributed by atoms with Crippen molar-refractivity contribution in [3.8, 4) is 0 Å². The largest absolute Gasteiger partial charge is 0.274 e. The maximum atomic E-state index is 12.9. The van der Waals surface area contributed by atoms with Gasteiger partial charge in [-0.05, 0) is 30.4 Å². The molecule has 4 atom stereocenters. The van der Waals surface area contributed by atoms with Crippen molar-refractivity contribution in [2.75, 3.05) is 4.90 Å². The normalized spacial score (nSPS) is 30.6. The lowest BCUT2D eigenvalue weighted by atomic mass is 9.85. The molecular formula is C17H13N3O4. The van der Waals surface area contributed by atoms with E-state index in [2.05, 4.69) is 10.2 Å². The van der Waals surface area contributed by atoms with Gasteiger partial charge in [0.2, 0.25) is 11.8 Å². The number of H-pyrrole nitrogens is 2. The monoisotopic (exact) mass is 323 g/mol. The molecule has 2 bridgehead atoms. The summed E-state index contributed by atoms with van der Waals surface area (Å²) in [7, 11) is 0. The third-order valence-corrected chi connectivity index (χ3v) is 5.51. The van der Waals surface area contributed by atoms with Gasteiger partial charge in [0, 0.05) is 0 Å². The molecule has 2 N–H and O–H groups in total. The summed E-state index contributed by atoms with van der Waals surface area (Å²) >= 11 is 0. The molecule has 120 valence electrons. The molecule has 1 aromatic carbocycles. The standard InChI is InChI=1S/C17H13N3O4/c21-14-9-2-1-3-10(13(9)15(22)19-18-14)20-16(23)11-7-4-5-8(6-7)12(11)17(20)24/h1-5,7-8,11-12H,6H2,(H,18,21)(H,19,22)/t7-,8+,11-,12-/m0/s1. The number of hydrogen-bond donors (Lipinski definition) is 2. The van der Waals surface area contributed by atoms with E-state index in [0.29, 0.717) is 0 Å². The molecule has 0 spiro atoms. The number of allylic oxidation sites excluding steroid dienone is 2. The summed E-state index contributed by atoms with van der Waals surface area (Å²) in [5.41, 5.74) is -0.796. The van der Waals surface area contributed by atoms with Crippen molar-refractivity contribution in [1.29, 1.82) is 0 Å². The van der Waals surface area contributed by atoms with Crippen LogP contribution in [0.2, 0.25) is 0 Å². The second-order valence-electron chi connectivity index (χ2n) is 6.62. The number of carbonyl (C=O) groups is 2. The van der Waals surface area contributed by atoms with E-state index in [4.69, 9.17) is 0 Å². The zero-order valence-electron chi connectivity index (χ0n) is 12.5. The molecule has 5 rings (SSSR count). The third kappa shape index (κ3) is 1.46. The van der Waals surface area contributed by atoms with Crippen LogP contribution in [0, 0.1) is 23.7 Å². The van der Waals surface area contributed by atoms with Gasteiger partial charge in [0.1, 0.15) is 0 Å². The molecule has 0 unspecified atom stereocenters. The Kier molecular flexibility index (Phi) is 2.42. The van der Waals surface area contributed by atoms with Gasteiger partial charge in [0.25, 0.3) is 11.1 Å². The summed E-state index contributed by atoms with van der Waals surface area (Å²) in [5, 5.41) is 4.75. The Morgan fingerprint density at radius 1 is 0.875 bits per heavy atom. The molecule has 2 fully saturated rings. The number of amides is 2. The fourth-order valence-electron chi connectivity index (χ4n) is 4.54. The number of anilines is 1. The highest BCUT2D eigenvalue weighted by Gasteiger charge is 2.59. The summed E-state index contributed by atoms with van der Waals surface area (Å²) in [6.45, 7) is 0. The predicted octanol–water partition coefficient (Wildman–Crippen LogP) is 0.528. The molecule has 1 aliphatic heterocycles. The predicted molar refractivity (Wildman–Crippen MR) is 85.4 cm³/mol. The Balaban J connectivity index is 1.74. The highest BCUT2D eigenvalue weighted by molar-refractivity contribution is 6.25. The minimum absolute atomic E-state index is 0.0724. The van der Waals surface area contributed by atoms with Gasteiger partial charge in [-0.2, -0.15) is 0 Å². The van der Waals surface area contributed by atoms with Crippen LogP contribution in [0.15, 0.2) is 39.9 Å². The Labute approximate surface area is 135 Å². The maximum absolute atomic E-state index is 12.9. The van der Waals surface area contributed by atoms with Crippen LogP contribution in [-0.4, -0.2) is 22.0 Å². The van der Waals surface area contributed by atoms with Crippen LogP contribution < -0.4 is 16.0 Å². The molecule has 3 aliphatic rings. The van der Waals surface area contributed by atoms with Crippen molar-refractivity contribution in [1.82, 2.24) is 10.2 Å². The molecule has 0 radical (unpaired) electrons. The topological polar surface area (TPSA) is 103 Å². The summed E-state index contributed by atoms with van der Waals surface area (Å²) < 4.78 is 0. The van der Waals surface area contributed by atoms with Crippen LogP contribution in [-0.2, 0) is 9.59 Å². The fourth-order valence-corrected chi connectivity index (χ4v) is 4.54. The van der Waals surface area contributed by atoms with Gasteiger partial charge in [0.05, 0.1) is 28.3 Å². The molecule has 1 aromatic heterocycles. The van der Waals surface area contributed by atoms with E-state index >= 15 is 0 Å². The van der Waals surface area contributed by atoms with Crippen molar-refractivity contribution < 1.29 is 9.59 Å². The maximum Gasteiger partial charge on any atom is 0.272 e. The molecular weight excluding hydrogens is 310 g/mol. The Hall–Kier alpha value is -2.96. The average Bonchev–Trinajstić information content (AvgIpc) is 3.25. The van der Waals surface area contributed by atoms with Crippen LogP contribution in [0.5, 0.6) is 0 Å². The first-order valence-electron chi connectivity index (χ1n) is 7.88. The minimum Gasteiger partial charge on any atom is -0.274 e. The number of nitrogens with zero attached hydrogens (tertiary/aromatic N) is 1. The second-order valence-corrected chi connectivity index (χ2v) is 6.62. The molecule has 1 saturated carbocycles. The first kappa shape index (κ1) is 13.5. The van der Waals surface area contributed by atoms with Crippen LogP contribution in [0.4, 0.5) is 5.69 Å². The number of aromatic amines is 2. The van der Waals surface area contributed by atoms with Gasteiger partial charge in [-0.25, -0.2) is 4.90 Å². The zero-order chi connectivity index (χ0) is 16.6. The van der Waals surface area contributed by atoms with Crippen molar-refractivity contribution in [3.63, 3.8) is 0 Å². The Bertz CT molecular complexity index is 1030. The number of benzene rings is 1. The lowest BCUT2D eigenvalue weighted by molar-refractivity contribution is -0.123. The van der Waals surface area contributed by atoms with Gasteiger partial charge in [-0.1, -0.05) is 18.2 Å². The molecule has 24 heavy (non-hydrogen) atoms. The van der Waals surface area contributed by atoms with E-state index in [-0.39, 0.29) is 51.9 Å². The number of nitrogens with one attached hydrogen (secondary N) is 2. The lowest BCUT2D eigenvalue weighted by Crippen LogP contribution is -2.34. The van der Waals surface area contributed by atoms with Crippen LogP contribution in [0.1, 0.15) is 6.42 Å². The van der Waals surface area contributed by atoms with Crippen LogP contribution in [0.25, 0.3) is 10.8 Å². The molecule has 2 amide bonds. The zero-order valence-corrected chi connectivity index (χ0v) is 12.5. The van der Waals surface area contributed by atoms with Crippen LogP contribution in [0.3, 0.4) is 0 Å². The highest BCUT2D eigenvalue weighted by atomic mass is 16.2. The third-order valence-electron chi connectivity index (χ3n) is 5.51. The first-order chi connectivity index (χ1) is 11.6. The Morgan fingerprint density at radius 2 is 1.50 bits per heavy atom. The van der Waals surface area contributed by atoms with E-state index < -0.39 is 11.1 Å². The van der Waals surface area contributed by atoms with Gasteiger partial charge in [-0.3, -0.25) is 29.4 Å². The van der Waals surface area contributed by atoms with E-state index in [1.165, 1.54) is 6.07 Å². The lowest BCUT2D eigenvalue weighted by Gasteiger charge is -2.18. The fraction of sp³-hybridized carbons (Fsp3) is 0.294.